The van der Waals surface area contributed by atoms with E-state index in [2.05, 4.69) is 58.0 Å². The van der Waals surface area contributed by atoms with Gasteiger partial charge in [0.05, 0.1) is 12.6 Å². The average molecular weight is 603 g/mol. The molecule has 9 nitrogen and oxygen atoms in total. The fourth-order valence-corrected chi connectivity index (χ4v) is 5.04. The molecule has 1 fully saturated rings. The molecule has 0 aromatic heterocycles. The fourth-order valence-electron chi connectivity index (χ4n) is 4.91. The third kappa shape index (κ3) is 9.60. The van der Waals surface area contributed by atoms with E-state index < -0.39 is 12.1 Å². The van der Waals surface area contributed by atoms with Gasteiger partial charge >= 0.3 is 12.1 Å². The maximum Gasteiger partial charge on any atom is 0.421 e. The lowest BCUT2D eigenvalue weighted by Crippen LogP contribution is -2.48. The Labute approximate surface area is 256 Å². The van der Waals surface area contributed by atoms with Crippen LogP contribution in [0.4, 0.5) is 4.79 Å². The van der Waals surface area contributed by atoms with Crippen LogP contribution in [0, 0.1) is 11.8 Å². The maximum absolute atomic E-state index is 11.2. The van der Waals surface area contributed by atoms with Crippen molar-refractivity contribution in [3.05, 3.63) is 106 Å². The summed E-state index contributed by atoms with van der Waals surface area (Å²) < 4.78 is 6.09. The van der Waals surface area contributed by atoms with Gasteiger partial charge < -0.3 is 14.9 Å². The molecule has 0 radical (unpaired) electrons. The number of hydrogen-bond donors (Lipinski definition) is 3. The Morgan fingerprint density at radius 1 is 1.00 bits per heavy atom. The minimum Gasteiger partial charge on any atom is -0.492 e. The van der Waals surface area contributed by atoms with Crippen molar-refractivity contribution in [2.24, 2.45) is 5.84 Å². The summed E-state index contributed by atoms with van der Waals surface area (Å²) in [4.78, 5) is 26.8. The lowest BCUT2D eigenvalue weighted by molar-refractivity contribution is -0.131. The summed E-state index contributed by atoms with van der Waals surface area (Å²) in [5.74, 6) is 10.7. The molecule has 1 aliphatic heterocycles. The summed E-state index contributed by atoms with van der Waals surface area (Å²) in [7, 11) is 0. The second-order valence-corrected chi connectivity index (χ2v) is 10.5. The van der Waals surface area contributed by atoms with Gasteiger partial charge in [-0.05, 0) is 47.5 Å². The Bertz CT molecular complexity index is 1460. The predicted octanol–water partition coefficient (Wildman–Crippen LogP) is 4.82. The van der Waals surface area contributed by atoms with E-state index in [1.54, 1.807) is 18.2 Å². The highest BCUT2D eigenvalue weighted by atomic mass is 35.5. The zero-order chi connectivity index (χ0) is 30.6. The first-order valence-corrected chi connectivity index (χ1v) is 14.4. The summed E-state index contributed by atoms with van der Waals surface area (Å²) in [6, 6.07) is 24.0. The highest BCUT2D eigenvalue weighted by Crippen LogP contribution is 2.30. The van der Waals surface area contributed by atoms with Gasteiger partial charge in [-0.1, -0.05) is 65.9 Å². The second-order valence-electron chi connectivity index (χ2n) is 10.0. The Morgan fingerprint density at radius 3 is 2.37 bits per heavy atom. The van der Waals surface area contributed by atoms with E-state index in [9.17, 15) is 9.59 Å². The summed E-state index contributed by atoms with van der Waals surface area (Å²) in [5, 5.41) is 19.4. The Morgan fingerprint density at radius 2 is 1.70 bits per heavy atom. The second kappa shape index (κ2) is 15.8. The monoisotopic (exact) mass is 602 g/mol. The topological polar surface area (TPSA) is 120 Å². The molecule has 1 unspecified atom stereocenters. The van der Waals surface area contributed by atoms with Gasteiger partial charge in [-0.2, -0.15) is 0 Å². The number of carbonyl (C=O) groups is 2. The number of nitrogens with zero attached hydrogens (tertiary/aromatic N) is 3. The highest BCUT2D eigenvalue weighted by Gasteiger charge is 2.26. The van der Waals surface area contributed by atoms with E-state index >= 15 is 0 Å². The van der Waals surface area contributed by atoms with E-state index in [4.69, 9.17) is 32.4 Å². The van der Waals surface area contributed by atoms with Gasteiger partial charge in [-0.15, -0.1) is 0 Å². The number of hydrazine groups is 1. The molecule has 1 atom stereocenters. The number of amides is 1. The van der Waals surface area contributed by atoms with Crippen molar-refractivity contribution in [2.45, 2.75) is 12.5 Å². The van der Waals surface area contributed by atoms with Gasteiger partial charge in [0.1, 0.15) is 12.4 Å². The molecule has 3 aromatic carbocycles. The van der Waals surface area contributed by atoms with Crippen LogP contribution in [0.15, 0.2) is 78.9 Å². The summed E-state index contributed by atoms with van der Waals surface area (Å²) in [6.45, 7) is 4.84. The van der Waals surface area contributed by atoms with Crippen molar-refractivity contribution in [1.82, 2.24) is 14.8 Å². The van der Waals surface area contributed by atoms with Crippen molar-refractivity contribution in [3.8, 4) is 17.6 Å². The smallest absolute Gasteiger partial charge is 0.421 e. The van der Waals surface area contributed by atoms with Crippen molar-refractivity contribution in [2.75, 3.05) is 45.9 Å². The van der Waals surface area contributed by atoms with Crippen LogP contribution in [0.25, 0.3) is 6.08 Å². The van der Waals surface area contributed by atoms with Crippen molar-refractivity contribution < 1.29 is 24.5 Å². The number of halogens is 1. The summed E-state index contributed by atoms with van der Waals surface area (Å²) >= 11 is 6.16. The number of rotatable bonds is 11. The van der Waals surface area contributed by atoms with Gasteiger partial charge in [0.25, 0.3) is 0 Å². The van der Waals surface area contributed by atoms with Crippen LogP contribution in [0.2, 0.25) is 5.02 Å². The number of piperazine rings is 1. The van der Waals surface area contributed by atoms with Gasteiger partial charge in [0.2, 0.25) is 0 Å². The molecule has 1 aliphatic rings. The van der Waals surface area contributed by atoms with Crippen LogP contribution < -0.4 is 10.6 Å². The molecule has 224 valence electrons. The number of nitrogens with two attached hydrogens (primary N) is 1. The van der Waals surface area contributed by atoms with Gasteiger partial charge in [0.15, 0.2) is 0 Å². The standard InChI is InChI=1S/C33H35ClN4O5/c34-29-13-10-27(11-14-29)32(26-7-2-1-3-8-26)37-20-18-36(19-21-37)22-23-43-30-15-9-25(24-28(30)12-16-31(39)40)6-4-5-17-38(35)33(41)42/h1-3,7-16,24,32H,5,17-23,35H2,(H,39,40)(H,41,42)/b16-12+. The molecular formula is C33H35ClN4O5. The van der Waals surface area contributed by atoms with Gasteiger partial charge in [-0.3, -0.25) is 9.80 Å². The average Bonchev–Trinajstić information content (AvgIpc) is 3.01. The summed E-state index contributed by atoms with van der Waals surface area (Å²) in [6.07, 6.45) is 1.58. The van der Waals surface area contributed by atoms with Crippen LogP contribution in [0.1, 0.15) is 34.7 Å². The molecule has 43 heavy (non-hydrogen) atoms. The quantitative estimate of drug-likeness (QED) is 0.0940. The molecule has 0 spiro atoms. The van der Waals surface area contributed by atoms with E-state index in [-0.39, 0.29) is 19.0 Å². The van der Waals surface area contributed by atoms with Crippen LogP contribution in [0.3, 0.4) is 0 Å². The molecule has 1 saturated heterocycles. The van der Waals surface area contributed by atoms with E-state index in [0.717, 1.165) is 43.8 Å². The minimum absolute atomic E-state index is 0.0810. The first-order chi connectivity index (χ1) is 20.8. The minimum atomic E-state index is -1.22. The molecule has 1 heterocycles. The van der Waals surface area contributed by atoms with Gasteiger partial charge in [0, 0.05) is 61.4 Å². The normalized spacial score (nSPS) is 14.6. The third-order valence-electron chi connectivity index (χ3n) is 7.11. The largest absolute Gasteiger partial charge is 0.492 e. The molecule has 0 bridgehead atoms. The third-order valence-corrected chi connectivity index (χ3v) is 7.36. The molecule has 1 amide bonds. The zero-order valence-electron chi connectivity index (χ0n) is 23.7. The number of benzene rings is 3. The van der Waals surface area contributed by atoms with Gasteiger partial charge in [-0.25, -0.2) is 20.4 Å². The number of hydrogen-bond acceptors (Lipinski definition) is 6. The first kappa shape index (κ1) is 31.6. The Hall–Kier alpha value is -4.33. The van der Waals surface area contributed by atoms with Crippen LogP contribution in [0.5, 0.6) is 5.75 Å². The van der Waals surface area contributed by atoms with Crippen molar-refractivity contribution in [3.63, 3.8) is 0 Å². The SMILES string of the molecule is NN(CCC#Cc1ccc(OCCN2CCN(C(c3ccccc3)c3ccc(Cl)cc3)CC2)c(/C=C/C(=O)O)c1)C(=O)O. The molecule has 0 aliphatic carbocycles. The molecular weight excluding hydrogens is 568 g/mol. The highest BCUT2D eigenvalue weighted by molar-refractivity contribution is 6.30. The number of aliphatic carboxylic acids is 1. The number of carboxylic acid groups (broad SMARTS) is 2. The predicted molar refractivity (Wildman–Crippen MR) is 167 cm³/mol. The van der Waals surface area contributed by atoms with Crippen LogP contribution >= 0.6 is 11.6 Å². The van der Waals surface area contributed by atoms with Crippen LogP contribution in [-0.2, 0) is 4.79 Å². The molecule has 3 aromatic rings. The van der Waals surface area contributed by atoms with Crippen molar-refractivity contribution >= 4 is 29.7 Å². The molecule has 0 saturated carbocycles. The Balaban J connectivity index is 1.34. The molecule has 4 N–H and O–H groups in total. The molecule has 10 heteroatoms. The van der Waals surface area contributed by atoms with E-state index in [1.165, 1.54) is 17.2 Å². The number of ether oxygens (including phenoxy) is 1. The van der Waals surface area contributed by atoms with E-state index in [0.29, 0.717) is 28.5 Å². The fraction of sp³-hybridized carbons (Fsp3) is 0.273. The Kier molecular flexibility index (Phi) is 11.6. The maximum atomic E-state index is 11.2. The first-order valence-electron chi connectivity index (χ1n) is 14.0. The lowest BCUT2D eigenvalue weighted by atomic mass is 9.96. The zero-order valence-corrected chi connectivity index (χ0v) is 24.5. The molecule has 4 rings (SSSR count). The lowest BCUT2D eigenvalue weighted by Gasteiger charge is -2.39. The van der Waals surface area contributed by atoms with Crippen molar-refractivity contribution in [1.29, 1.82) is 0 Å². The number of carboxylic acids is 1. The van der Waals surface area contributed by atoms with Crippen LogP contribution in [-0.4, -0.2) is 83.0 Å². The summed E-state index contributed by atoms with van der Waals surface area (Å²) in [5.41, 5.74) is 3.71. The van der Waals surface area contributed by atoms with E-state index in [1.807, 2.05) is 18.2 Å².